The van der Waals surface area contributed by atoms with Gasteiger partial charge in [0.1, 0.15) is 5.01 Å². The number of rotatable bonds is 2. The molecule has 1 aromatic rings. The lowest BCUT2D eigenvalue weighted by Crippen LogP contribution is -2.50. The van der Waals surface area contributed by atoms with Crippen molar-refractivity contribution in [1.82, 2.24) is 4.98 Å². The van der Waals surface area contributed by atoms with E-state index in [9.17, 15) is 0 Å². The highest BCUT2D eigenvalue weighted by Crippen LogP contribution is 2.40. The summed E-state index contributed by atoms with van der Waals surface area (Å²) in [4.78, 5) is 4.54. The van der Waals surface area contributed by atoms with Crippen molar-refractivity contribution in [3.05, 3.63) is 16.1 Å². The molecule has 0 amide bonds. The number of ether oxygens (including phenoxy) is 1. The van der Waals surface area contributed by atoms with Gasteiger partial charge in [-0.2, -0.15) is 0 Å². The number of hydrogen-bond donors (Lipinski definition) is 1. The van der Waals surface area contributed by atoms with Gasteiger partial charge in [0.25, 0.3) is 0 Å². The van der Waals surface area contributed by atoms with E-state index >= 15 is 0 Å². The average Bonchev–Trinajstić information content (AvgIpc) is 2.65. The van der Waals surface area contributed by atoms with Crippen LogP contribution in [0.5, 0.6) is 0 Å². The molecule has 1 aromatic heterocycles. The zero-order chi connectivity index (χ0) is 11.8. The van der Waals surface area contributed by atoms with Gasteiger partial charge in [0.05, 0.1) is 11.1 Å². The van der Waals surface area contributed by atoms with E-state index in [1.165, 1.54) is 0 Å². The first-order valence-electron chi connectivity index (χ1n) is 5.83. The fourth-order valence-electron chi connectivity index (χ4n) is 2.28. The van der Waals surface area contributed by atoms with E-state index in [4.69, 9.17) is 10.5 Å². The molecule has 0 bridgehead atoms. The van der Waals surface area contributed by atoms with Crippen molar-refractivity contribution >= 4 is 11.3 Å². The molecular formula is C12H20N2OS. The summed E-state index contributed by atoms with van der Waals surface area (Å²) in [7, 11) is 0. The summed E-state index contributed by atoms with van der Waals surface area (Å²) in [5.74, 6) is 0. The molecule has 0 radical (unpaired) electrons. The van der Waals surface area contributed by atoms with Crippen molar-refractivity contribution in [2.24, 2.45) is 5.73 Å². The molecule has 0 aliphatic carbocycles. The first kappa shape index (κ1) is 12.0. The van der Waals surface area contributed by atoms with Crippen LogP contribution in [0.15, 0.2) is 5.38 Å². The summed E-state index contributed by atoms with van der Waals surface area (Å²) < 4.78 is 5.84. The van der Waals surface area contributed by atoms with Crippen LogP contribution in [-0.4, -0.2) is 17.2 Å². The Kier molecular flexibility index (Phi) is 3.07. The van der Waals surface area contributed by atoms with Gasteiger partial charge in [-0.15, -0.1) is 11.3 Å². The second-order valence-electron chi connectivity index (χ2n) is 5.03. The van der Waals surface area contributed by atoms with Gasteiger partial charge in [-0.1, -0.05) is 6.92 Å². The fourth-order valence-corrected chi connectivity index (χ4v) is 3.22. The van der Waals surface area contributed by atoms with Crippen LogP contribution in [0, 0.1) is 6.92 Å². The lowest BCUT2D eigenvalue weighted by molar-refractivity contribution is -0.0955. The Bertz CT molecular complexity index is 379. The maximum atomic E-state index is 6.51. The zero-order valence-electron chi connectivity index (χ0n) is 10.2. The Morgan fingerprint density at radius 2 is 2.38 bits per heavy atom. The average molecular weight is 240 g/mol. The molecule has 1 aliphatic heterocycles. The van der Waals surface area contributed by atoms with Crippen LogP contribution < -0.4 is 5.73 Å². The summed E-state index contributed by atoms with van der Waals surface area (Å²) in [5, 5.41) is 3.14. The number of hydrogen-bond acceptors (Lipinski definition) is 4. The van der Waals surface area contributed by atoms with E-state index in [0.29, 0.717) is 0 Å². The van der Waals surface area contributed by atoms with Crippen LogP contribution in [-0.2, 0) is 10.3 Å². The smallest absolute Gasteiger partial charge is 0.113 e. The third-order valence-electron chi connectivity index (χ3n) is 3.48. The summed E-state index contributed by atoms with van der Waals surface area (Å²) in [5.41, 5.74) is 7.20. The zero-order valence-corrected chi connectivity index (χ0v) is 11.1. The van der Waals surface area contributed by atoms with Crippen LogP contribution in [0.25, 0.3) is 0 Å². The number of nitrogens with zero attached hydrogens (tertiary/aromatic N) is 1. The standard InChI is InChI=1S/C12H20N2OS/c1-4-11(3)8-12(13,5-6-15-11)10-14-9(2)7-16-10/h7H,4-6,8,13H2,1-3H3. The highest BCUT2D eigenvalue weighted by Gasteiger charge is 2.42. The Labute approximate surface area is 101 Å². The van der Waals surface area contributed by atoms with E-state index in [2.05, 4.69) is 24.2 Å². The molecule has 90 valence electrons. The van der Waals surface area contributed by atoms with E-state index < -0.39 is 0 Å². The molecule has 3 nitrogen and oxygen atoms in total. The normalized spacial score (nSPS) is 35.2. The van der Waals surface area contributed by atoms with Crippen LogP contribution in [0.3, 0.4) is 0 Å². The van der Waals surface area contributed by atoms with Crippen LogP contribution in [0.1, 0.15) is 43.8 Å². The summed E-state index contributed by atoms with van der Waals surface area (Å²) >= 11 is 1.67. The van der Waals surface area contributed by atoms with Crippen LogP contribution in [0.2, 0.25) is 0 Å². The lowest BCUT2D eigenvalue weighted by Gasteiger charge is -2.43. The second-order valence-corrected chi connectivity index (χ2v) is 5.89. The highest BCUT2D eigenvalue weighted by molar-refractivity contribution is 7.09. The summed E-state index contributed by atoms with van der Waals surface area (Å²) in [6.45, 7) is 7.05. The predicted molar refractivity (Wildman–Crippen MR) is 66.6 cm³/mol. The minimum absolute atomic E-state index is 0.0907. The SMILES string of the molecule is CCC1(C)CC(N)(c2nc(C)cs2)CCO1. The number of nitrogens with two attached hydrogens (primary N) is 1. The van der Waals surface area contributed by atoms with Gasteiger partial charge >= 0.3 is 0 Å². The minimum atomic E-state index is -0.290. The topological polar surface area (TPSA) is 48.1 Å². The van der Waals surface area contributed by atoms with Gasteiger partial charge in [-0.25, -0.2) is 4.98 Å². The summed E-state index contributed by atoms with van der Waals surface area (Å²) in [6.07, 6.45) is 2.73. The molecule has 16 heavy (non-hydrogen) atoms. The summed E-state index contributed by atoms with van der Waals surface area (Å²) in [6, 6.07) is 0. The van der Waals surface area contributed by atoms with Gasteiger partial charge in [0, 0.05) is 24.1 Å². The van der Waals surface area contributed by atoms with Crippen molar-refractivity contribution in [3.8, 4) is 0 Å². The molecular weight excluding hydrogens is 220 g/mol. The molecule has 1 fully saturated rings. The second kappa shape index (κ2) is 4.09. The van der Waals surface area contributed by atoms with Gasteiger partial charge in [-0.05, 0) is 26.7 Å². The molecule has 0 spiro atoms. The molecule has 1 aliphatic rings. The molecule has 4 heteroatoms. The van der Waals surface area contributed by atoms with Gasteiger partial charge in [-0.3, -0.25) is 0 Å². The van der Waals surface area contributed by atoms with Crippen molar-refractivity contribution < 1.29 is 4.74 Å². The van der Waals surface area contributed by atoms with E-state index in [-0.39, 0.29) is 11.1 Å². The maximum Gasteiger partial charge on any atom is 0.113 e. The molecule has 2 unspecified atom stereocenters. The van der Waals surface area contributed by atoms with Crippen molar-refractivity contribution in [1.29, 1.82) is 0 Å². The number of aromatic nitrogens is 1. The predicted octanol–water partition coefficient (Wildman–Crippen LogP) is 2.58. The largest absolute Gasteiger partial charge is 0.375 e. The quantitative estimate of drug-likeness (QED) is 0.864. The van der Waals surface area contributed by atoms with E-state index in [1.807, 2.05) is 6.92 Å². The van der Waals surface area contributed by atoms with E-state index in [1.54, 1.807) is 11.3 Å². The molecule has 2 heterocycles. The third kappa shape index (κ3) is 2.14. The third-order valence-corrected chi connectivity index (χ3v) is 4.66. The van der Waals surface area contributed by atoms with Gasteiger partial charge in [0.15, 0.2) is 0 Å². The maximum absolute atomic E-state index is 6.51. The highest BCUT2D eigenvalue weighted by atomic mass is 32.1. The van der Waals surface area contributed by atoms with Crippen molar-refractivity contribution in [2.45, 2.75) is 51.2 Å². The van der Waals surface area contributed by atoms with Crippen molar-refractivity contribution in [2.75, 3.05) is 6.61 Å². The number of thiazole rings is 1. The van der Waals surface area contributed by atoms with E-state index in [0.717, 1.165) is 36.6 Å². The minimum Gasteiger partial charge on any atom is -0.375 e. The first-order valence-corrected chi connectivity index (χ1v) is 6.71. The van der Waals surface area contributed by atoms with Gasteiger partial charge in [0.2, 0.25) is 0 Å². The molecule has 0 saturated carbocycles. The monoisotopic (exact) mass is 240 g/mol. The fraction of sp³-hybridized carbons (Fsp3) is 0.750. The number of aryl methyl sites for hydroxylation is 1. The Morgan fingerprint density at radius 1 is 1.62 bits per heavy atom. The Hall–Kier alpha value is -0.450. The van der Waals surface area contributed by atoms with Gasteiger partial charge < -0.3 is 10.5 Å². The molecule has 1 saturated heterocycles. The van der Waals surface area contributed by atoms with Crippen LogP contribution >= 0.6 is 11.3 Å². The Morgan fingerprint density at radius 3 is 2.94 bits per heavy atom. The lowest BCUT2D eigenvalue weighted by atomic mass is 9.80. The molecule has 2 rings (SSSR count). The molecule has 2 atom stereocenters. The van der Waals surface area contributed by atoms with Crippen molar-refractivity contribution in [3.63, 3.8) is 0 Å². The molecule has 2 N–H and O–H groups in total. The molecule has 0 aromatic carbocycles. The van der Waals surface area contributed by atoms with Crippen LogP contribution in [0.4, 0.5) is 0 Å². The first-order chi connectivity index (χ1) is 7.47. The Balaban J connectivity index is 2.25.